The Hall–Kier alpha value is -1.23. The van der Waals surface area contributed by atoms with Gasteiger partial charge in [-0.3, -0.25) is 0 Å². The van der Waals surface area contributed by atoms with Crippen LogP contribution in [0.25, 0.3) is 0 Å². The molecule has 2 atom stereocenters. The summed E-state index contributed by atoms with van der Waals surface area (Å²) in [5.74, 6) is 0. The molecule has 3 N–H and O–H groups in total. The molecule has 0 aromatic heterocycles. The van der Waals surface area contributed by atoms with E-state index in [0.29, 0.717) is 10.8 Å². The van der Waals surface area contributed by atoms with Gasteiger partial charge in [-0.2, -0.15) is 17.0 Å². The third-order valence-corrected chi connectivity index (χ3v) is 6.47. The third kappa shape index (κ3) is 3.70. The largest absolute Gasteiger partial charge is 0.398 e. The van der Waals surface area contributed by atoms with E-state index >= 15 is 0 Å². The molecule has 0 amide bonds. The minimum absolute atomic E-state index is 0.0481. The van der Waals surface area contributed by atoms with Crippen LogP contribution < -0.4 is 10.5 Å². The lowest BCUT2D eigenvalue weighted by Gasteiger charge is -2.30. The maximum Gasteiger partial charge on any atom is 0.242 e. The zero-order valence-corrected chi connectivity index (χ0v) is 13.5. The summed E-state index contributed by atoms with van der Waals surface area (Å²) in [6.45, 7) is 0. The van der Waals surface area contributed by atoms with Crippen LogP contribution in [0.5, 0.6) is 0 Å². The second-order valence-electron chi connectivity index (χ2n) is 5.15. The Bertz CT molecular complexity index is 653. The van der Waals surface area contributed by atoms with Gasteiger partial charge < -0.3 is 5.73 Å². The Morgan fingerprint density at radius 1 is 1.38 bits per heavy atom. The number of thioether (sulfide) groups is 1. The number of sulfonamides is 1. The zero-order chi connectivity index (χ0) is 15.5. The van der Waals surface area contributed by atoms with Gasteiger partial charge in [-0.1, -0.05) is 12.8 Å². The minimum Gasteiger partial charge on any atom is -0.398 e. The highest BCUT2D eigenvalue weighted by atomic mass is 32.2. The van der Waals surface area contributed by atoms with Crippen LogP contribution in [0.2, 0.25) is 0 Å². The molecule has 114 valence electrons. The number of nitrogens with zero attached hydrogens (tertiary/aromatic N) is 1. The highest BCUT2D eigenvalue weighted by Gasteiger charge is 2.29. The van der Waals surface area contributed by atoms with E-state index in [9.17, 15) is 8.42 Å². The van der Waals surface area contributed by atoms with Crippen LogP contribution >= 0.6 is 11.8 Å². The van der Waals surface area contributed by atoms with Crippen LogP contribution in [0, 0.1) is 11.3 Å². The van der Waals surface area contributed by atoms with Gasteiger partial charge in [0.1, 0.15) is 4.90 Å². The van der Waals surface area contributed by atoms with Crippen molar-refractivity contribution in [3.63, 3.8) is 0 Å². The van der Waals surface area contributed by atoms with Gasteiger partial charge in [0.15, 0.2) is 0 Å². The van der Waals surface area contributed by atoms with Gasteiger partial charge in [0.05, 0.1) is 17.3 Å². The second-order valence-corrected chi connectivity index (χ2v) is 7.91. The molecule has 1 saturated carbocycles. The predicted octanol–water partition coefficient (Wildman–Crippen LogP) is 2.09. The quantitative estimate of drug-likeness (QED) is 0.826. The van der Waals surface area contributed by atoms with Crippen LogP contribution in [0.15, 0.2) is 23.1 Å². The van der Waals surface area contributed by atoms with E-state index in [-0.39, 0.29) is 16.6 Å². The van der Waals surface area contributed by atoms with Crippen molar-refractivity contribution in [2.45, 2.75) is 41.9 Å². The fourth-order valence-electron chi connectivity index (χ4n) is 2.64. The number of rotatable bonds is 4. The average molecular weight is 325 g/mol. The monoisotopic (exact) mass is 325 g/mol. The standard InChI is InChI=1S/C14H19N3O2S2/c1-20-13-5-3-2-4-12(13)17-21(18,19)14-7-6-10(9-15)8-11(14)16/h6-8,12-13,17H,2-5,16H2,1H3. The molecule has 21 heavy (non-hydrogen) atoms. The lowest BCUT2D eigenvalue weighted by Crippen LogP contribution is -2.43. The molecule has 1 aliphatic rings. The Balaban J connectivity index is 2.24. The predicted molar refractivity (Wildman–Crippen MR) is 85.4 cm³/mol. The Labute approximate surface area is 130 Å². The number of anilines is 1. The van der Waals surface area contributed by atoms with E-state index in [1.807, 2.05) is 12.3 Å². The average Bonchev–Trinajstić information content (AvgIpc) is 2.47. The molecule has 1 aromatic rings. The van der Waals surface area contributed by atoms with Gasteiger partial charge in [0.2, 0.25) is 10.0 Å². The summed E-state index contributed by atoms with van der Waals surface area (Å²) in [5, 5.41) is 9.11. The molecule has 0 radical (unpaired) electrons. The van der Waals surface area contributed by atoms with Crippen molar-refractivity contribution in [1.82, 2.24) is 4.72 Å². The summed E-state index contributed by atoms with van der Waals surface area (Å²) < 4.78 is 27.8. The number of nitrogens with two attached hydrogens (primary N) is 1. The summed E-state index contributed by atoms with van der Waals surface area (Å²) in [5.41, 5.74) is 6.24. The molecule has 7 heteroatoms. The van der Waals surface area contributed by atoms with Gasteiger partial charge in [-0.05, 0) is 37.3 Å². The van der Waals surface area contributed by atoms with E-state index in [1.54, 1.807) is 11.8 Å². The number of nitrogens with one attached hydrogen (secondary N) is 1. The highest BCUT2D eigenvalue weighted by molar-refractivity contribution is 7.99. The molecule has 0 heterocycles. The lowest BCUT2D eigenvalue weighted by atomic mass is 9.96. The first-order valence-corrected chi connectivity index (χ1v) is 9.60. The van der Waals surface area contributed by atoms with Crippen molar-refractivity contribution in [2.24, 2.45) is 0 Å². The first-order valence-electron chi connectivity index (χ1n) is 6.82. The third-order valence-electron chi connectivity index (χ3n) is 3.74. The normalized spacial score (nSPS) is 22.7. The van der Waals surface area contributed by atoms with Crippen LogP contribution in [0.1, 0.15) is 31.2 Å². The molecule has 5 nitrogen and oxygen atoms in total. The zero-order valence-electron chi connectivity index (χ0n) is 11.9. The smallest absolute Gasteiger partial charge is 0.242 e. The molecule has 2 unspecified atom stereocenters. The molecule has 0 saturated heterocycles. The summed E-state index contributed by atoms with van der Waals surface area (Å²) in [4.78, 5) is 0.0481. The molecule has 0 aliphatic heterocycles. The lowest BCUT2D eigenvalue weighted by molar-refractivity contribution is 0.423. The maximum absolute atomic E-state index is 12.5. The number of hydrogen-bond acceptors (Lipinski definition) is 5. The minimum atomic E-state index is -3.66. The van der Waals surface area contributed by atoms with Crippen molar-refractivity contribution in [3.05, 3.63) is 23.8 Å². The van der Waals surface area contributed by atoms with Crippen LogP contribution in [0.3, 0.4) is 0 Å². The van der Waals surface area contributed by atoms with Crippen molar-refractivity contribution in [2.75, 3.05) is 12.0 Å². The Kier molecular flexibility index (Phi) is 5.14. The molecule has 2 rings (SSSR count). The summed E-state index contributed by atoms with van der Waals surface area (Å²) in [6.07, 6.45) is 6.06. The van der Waals surface area contributed by atoms with Gasteiger partial charge >= 0.3 is 0 Å². The molecule has 0 bridgehead atoms. The Morgan fingerprint density at radius 2 is 2.10 bits per heavy atom. The van der Waals surface area contributed by atoms with Crippen molar-refractivity contribution in [1.29, 1.82) is 5.26 Å². The van der Waals surface area contributed by atoms with E-state index in [0.717, 1.165) is 25.7 Å². The van der Waals surface area contributed by atoms with Gasteiger partial charge in [0.25, 0.3) is 0 Å². The van der Waals surface area contributed by atoms with Crippen LogP contribution in [-0.4, -0.2) is 26.0 Å². The topological polar surface area (TPSA) is 96.0 Å². The van der Waals surface area contributed by atoms with Gasteiger partial charge in [0, 0.05) is 11.3 Å². The van der Waals surface area contributed by atoms with Gasteiger partial charge in [-0.15, -0.1) is 0 Å². The number of nitriles is 1. The summed E-state index contributed by atoms with van der Waals surface area (Å²) in [6, 6.07) is 6.14. The van der Waals surface area contributed by atoms with Crippen LogP contribution in [0.4, 0.5) is 5.69 Å². The van der Waals surface area contributed by atoms with Crippen LogP contribution in [-0.2, 0) is 10.0 Å². The fraction of sp³-hybridized carbons (Fsp3) is 0.500. The van der Waals surface area contributed by atoms with Crippen molar-refractivity contribution >= 4 is 27.5 Å². The molecule has 1 aliphatic carbocycles. The first-order chi connectivity index (χ1) is 9.97. The second kappa shape index (κ2) is 6.69. The van der Waals surface area contributed by atoms with E-state index in [1.165, 1.54) is 18.2 Å². The van der Waals surface area contributed by atoms with Gasteiger partial charge in [-0.25, -0.2) is 13.1 Å². The Morgan fingerprint density at radius 3 is 2.71 bits per heavy atom. The van der Waals surface area contributed by atoms with E-state index < -0.39 is 10.0 Å². The molecule has 1 aromatic carbocycles. The molecular weight excluding hydrogens is 306 g/mol. The summed E-state index contributed by atoms with van der Waals surface area (Å²) in [7, 11) is -3.66. The molecule has 1 fully saturated rings. The van der Waals surface area contributed by atoms with E-state index in [2.05, 4.69) is 4.72 Å². The SMILES string of the molecule is CSC1CCCCC1NS(=O)(=O)c1ccc(C#N)cc1N. The number of nitrogen functional groups attached to an aromatic ring is 1. The highest BCUT2D eigenvalue weighted by Crippen LogP contribution is 2.29. The molecular formula is C14H19N3O2S2. The summed E-state index contributed by atoms with van der Waals surface area (Å²) >= 11 is 1.70. The van der Waals surface area contributed by atoms with E-state index in [4.69, 9.17) is 11.0 Å². The molecule has 0 spiro atoms. The van der Waals surface area contributed by atoms with Crippen molar-refractivity contribution in [3.8, 4) is 6.07 Å². The number of hydrogen-bond donors (Lipinski definition) is 2. The maximum atomic E-state index is 12.5. The fourth-order valence-corrected chi connectivity index (χ4v) is 5.08. The van der Waals surface area contributed by atoms with Crippen molar-refractivity contribution < 1.29 is 8.42 Å². The number of benzene rings is 1. The first kappa shape index (κ1) is 16.1.